The lowest BCUT2D eigenvalue weighted by atomic mass is 9.81. The monoisotopic (exact) mass is 331 g/mol. The number of carboxylic acids is 1. The average molecular weight is 331 g/mol. The quantitative estimate of drug-likeness (QED) is 0.742. The van der Waals surface area contributed by atoms with E-state index in [0.29, 0.717) is 24.2 Å². The van der Waals surface area contributed by atoms with E-state index in [2.05, 4.69) is 5.32 Å². The maximum absolute atomic E-state index is 12.5. The van der Waals surface area contributed by atoms with Crippen LogP contribution in [0.15, 0.2) is 24.3 Å². The zero-order valence-corrected chi connectivity index (χ0v) is 13.3. The number of carbonyl (C=O) groups excluding carboxylic acids is 2. The van der Waals surface area contributed by atoms with Gasteiger partial charge in [0.05, 0.1) is 17.5 Å². The van der Waals surface area contributed by atoms with Crippen LogP contribution < -0.4 is 11.1 Å². The Labute approximate surface area is 139 Å². The standard InChI is InChI=1S/C17H21N3O4/c18-15(22)12-5-1-2-6-13(12)19-8-14(21)20-9-11-4-3-7-17(11,10-20)16(23)24/h1-2,5-6,11,19H,3-4,7-10H2,(H2,18,22)(H,23,24)/t11-,17+/m0/s1. The lowest BCUT2D eigenvalue weighted by Crippen LogP contribution is -2.39. The van der Waals surface area contributed by atoms with Crippen LogP contribution in [0.4, 0.5) is 5.69 Å². The van der Waals surface area contributed by atoms with E-state index in [-0.39, 0.29) is 24.9 Å². The highest BCUT2D eigenvalue weighted by atomic mass is 16.4. The number of amides is 2. The normalized spacial score (nSPS) is 25.3. The number of carbonyl (C=O) groups is 3. The number of likely N-dealkylation sites (tertiary alicyclic amines) is 1. The topological polar surface area (TPSA) is 113 Å². The predicted molar refractivity (Wildman–Crippen MR) is 87.4 cm³/mol. The minimum absolute atomic E-state index is 0.00666. The van der Waals surface area contributed by atoms with Gasteiger partial charge in [-0.15, -0.1) is 0 Å². The van der Waals surface area contributed by atoms with Gasteiger partial charge < -0.3 is 21.1 Å². The minimum Gasteiger partial charge on any atom is -0.481 e. The summed E-state index contributed by atoms with van der Waals surface area (Å²) in [4.78, 5) is 37.1. The molecule has 1 aliphatic carbocycles. The summed E-state index contributed by atoms with van der Waals surface area (Å²) in [7, 11) is 0. The highest BCUT2D eigenvalue weighted by molar-refractivity contribution is 5.99. The molecule has 7 nitrogen and oxygen atoms in total. The van der Waals surface area contributed by atoms with Crippen LogP contribution in [0.3, 0.4) is 0 Å². The molecule has 7 heteroatoms. The molecule has 128 valence electrons. The summed E-state index contributed by atoms with van der Waals surface area (Å²) in [5, 5.41) is 12.5. The molecular formula is C17H21N3O4. The second-order valence-corrected chi connectivity index (χ2v) is 6.59. The van der Waals surface area contributed by atoms with Crippen LogP contribution in [0.1, 0.15) is 29.6 Å². The van der Waals surface area contributed by atoms with Crippen molar-refractivity contribution in [3.05, 3.63) is 29.8 Å². The molecule has 1 heterocycles. The summed E-state index contributed by atoms with van der Waals surface area (Å²) >= 11 is 0. The van der Waals surface area contributed by atoms with Gasteiger partial charge in [0.1, 0.15) is 0 Å². The van der Waals surface area contributed by atoms with Gasteiger partial charge in [0.15, 0.2) is 0 Å². The Kier molecular flexibility index (Phi) is 4.17. The molecule has 2 atom stereocenters. The Morgan fingerprint density at radius 2 is 2.08 bits per heavy atom. The molecule has 24 heavy (non-hydrogen) atoms. The van der Waals surface area contributed by atoms with Crippen LogP contribution >= 0.6 is 0 Å². The highest BCUT2D eigenvalue weighted by Crippen LogP contribution is 2.48. The van der Waals surface area contributed by atoms with E-state index in [1.54, 1.807) is 29.2 Å². The molecule has 4 N–H and O–H groups in total. The lowest BCUT2D eigenvalue weighted by molar-refractivity contribution is -0.149. The average Bonchev–Trinajstić information content (AvgIpc) is 3.11. The fourth-order valence-corrected chi connectivity index (χ4v) is 3.96. The van der Waals surface area contributed by atoms with Crippen molar-refractivity contribution < 1.29 is 19.5 Å². The molecule has 0 aromatic heterocycles. The van der Waals surface area contributed by atoms with Gasteiger partial charge in [-0.25, -0.2) is 0 Å². The van der Waals surface area contributed by atoms with Crippen molar-refractivity contribution in [2.75, 3.05) is 25.0 Å². The number of benzene rings is 1. The number of nitrogens with two attached hydrogens (primary N) is 1. The molecule has 0 spiro atoms. The molecule has 0 unspecified atom stereocenters. The van der Waals surface area contributed by atoms with Crippen molar-refractivity contribution in [3.63, 3.8) is 0 Å². The number of hydrogen-bond acceptors (Lipinski definition) is 4. The molecule has 1 aromatic rings. The van der Waals surface area contributed by atoms with E-state index in [9.17, 15) is 19.5 Å². The van der Waals surface area contributed by atoms with Gasteiger partial charge in [0.25, 0.3) is 5.91 Å². The predicted octanol–water partition coefficient (Wildman–Crippen LogP) is 0.911. The van der Waals surface area contributed by atoms with E-state index < -0.39 is 17.3 Å². The largest absolute Gasteiger partial charge is 0.481 e. The Balaban J connectivity index is 1.65. The van der Waals surface area contributed by atoms with Crippen LogP contribution in [0.5, 0.6) is 0 Å². The van der Waals surface area contributed by atoms with E-state index in [0.717, 1.165) is 12.8 Å². The second-order valence-electron chi connectivity index (χ2n) is 6.59. The maximum atomic E-state index is 12.5. The molecular weight excluding hydrogens is 310 g/mol. The molecule has 1 saturated carbocycles. The highest BCUT2D eigenvalue weighted by Gasteiger charge is 2.55. The molecule has 1 aliphatic heterocycles. The summed E-state index contributed by atoms with van der Waals surface area (Å²) in [6.45, 7) is 0.766. The number of aliphatic carboxylic acids is 1. The van der Waals surface area contributed by atoms with Crippen molar-refractivity contribution >= 4 is 23.5 Å². The first-order valence-electron chi connectivity index (χ1n) is 8.08. The number of fused-ring (bicyclic) bond motifs is 1. The van der Waals surface area contributed by atoms with Crippen LogP contribution in [0.25, 0.3) is 0 Å². The Hall–Kier alpha value is -2.57. The summed E-state index contributed by atoms with van der Waals surface area (Å²) in [6.07, 6.45) is 2.39. The number of primary amides is 1. The van der Waals surface area contributed by atoms with Gasteiger partial charge >= 0.3 is 5.97 Å². The zero-order valence-electron chi connectivity index (χ0n) is 13.3. The summed E-state index contributed by atoms with van der Waals surface area (Å²) < 4.78 is 0. The third-order valence-electron chi connectivity index (χ3n) is 5.27. The second kappa shape index (κ2) is 6.14. The molecule has 1 saturated heterocycles. The summed E-state index contributed by atoms with van der Waals surface area (Å²) in [6, 6.07) is 6.73. The minimum atomic E-state index is -0.799. The fraction of sp³-hybridized carbons (Fsp3) is 0.471. The van der Waals surface area contributed by atoms with Gasteiger partial charge in [-0.05, 0) is 30.9 Å². The third kappa shape index (κ3) is 2.70. The summed E-state index contributed by atoms with van der Waals surface area (Å²) in [5.41, 5.74) is 5.37. The van der Waals surface area contributed by atoms with Crippen molar-refractivity contribution in [1.29, 1.82) is 0 Å². The zero-order chi connectivity index (χ0) is 17.3. The number of para-hydroxylation sites is 1. The van der Waals surface area contributed by atoms with Crippen molar-refractivity contribution in [2.24, 2.45) is 17.1 Å². The number of hydrogen-bond donors (Lipinski definition) is 3. The fourth-order valence-electron chi connectivity index (χ4n) is 3.96. The smallest absolute Gasteiger partial charge is 0.311 e. The molecule has 1 aromatic carbocycles. The van der Waals surface area contributed by atoms with Crippen LogP contribution in [0, 0.1) is 11.3 Å². The number of rotatable bonds is 5. The number of anilines is 1. The van der Waals surface area contributed by atoms with Crippen molar-refractivity contribution in [2.45, 2.75) is 19.3 Å². The van der Waals surface area contributed by atoms with Crippen molar-refractivity contribution in [3.8, 4) is 0 Å². The van der Waals surface area contributed by atoms with Crippen LogP contribution in [0.2, 0.25) is 0 Å². The van der Waals surface area contributed by atoms with Crippen molar-refractivity contribution in [1.82, 2.24) is 4.90 Å². The molecule has 2 amide bonds. The van der Waals surface area contributed by atoms with Gasteiger partial charge in [-0.1, -0.05) is 18.6 Å². The van der Waals surface area contributed by atoms with E-state index in [1.165, 1.54) is 0 Å². The first kappa shape index (κ1) is 16.3. The van der Waals surface area contributed by atoms with E-state index in [1.807, 2.05) is 0 Å². The Morgan fingerprint density at radius 3 is 2.75 bits per heavy atom. The summed E-state index contributed by atoms with van der Waals surface area (Å²) in [5.74, 6) is -1.49. The first-order valence-corrected chi connectivity index (χ1v) is 8.08. The van der Waals surface area contributed by atoms with Gasteiger partial charge in [0.2, 0.25) is 5.91 Å². The molecule has 2 fully saturated rings. The van der Waals surface area contributed by atoms with Gasteiger partial charge in [-0.3, -0.25) is 14.4 Å². The number of carboxylic acid groups (broad SMARTS) is 1. The van der Waals surface area contributed by atoms with E-state index in [4.69, 9.17) is 5.73 Å². The molecule has 3 rings (SSSR count). The molecule has 0 bridgehead atoms. The van der Waals surface area contributed by atoms with Crippen LogP contribution in [-0.2, 0) is 9.59 Å². The molecule has 0 radical (unpaired) electrons. The number of nitrogens with one attached hydrogen (secondary N) is 1. The lowest BCUT2D eigenvalue weighted by Gasteiger charge is -2.23. The Bertz CT molecular complexity index is 690. The molecule has 2 aliphatic rings. The van der Waals surface area contributed by atoms with Crippen LogP contribution in [-0.4, -0.2) is 47.4 Å². The Morgan fingerprint density at radius 1 is 1.33 bits per heavy atom. The van der Waals surface area contributed by atoms with Gasteiger partial charge in [-0.2, -0.15) is 0 Å². The first-order chi connectivity index (χ1) is 11.4. The number of nitrogens with zero attached hydrogens (tertiary/aromatic N) is 1. The third-order valence-corrected chi connectivity index (χ3v) is 5.27. The maximum Gasteiger partial charge on any atom is 0.311 e. The SMILES string of the molecule is NC(=O)c1ccccc1NCC(=O)N1C[C@@H]2CCC[C@@]2(C(=O)O)C1. The van der Waals surface area contributed by atoms with E-state index >= 15 is 0 Å². The van der Waals surface area contributed by atoms with Gasteiger partial charge in [0, 0.05) is 18.8 Å².